The van der Waals surface area contributed by atoms with Gasteiger partial charge in [0.1, 0.15) is 11.5 Å². The molecule has 0 aliphatic rings. The highest BCUT2D eigenvalue weighted by atomic mass is 16.3. The highest BCUT2D eigenvalue weighted by Gasteiger charge is 2.31. The Morgan fingerprint density at radius 2 is 1.49 bits per heavy atom. The van der Waals surface area contributed by atoms with Gasteiger partial charge in [-0.1, -0.05) is 121 Å². The van der Waals surface area contributed by atoms with Crippen molar-refractivity contribution in [2.45, 2.75) is 39.0 Å². The summed E-state index contributed by atoms with van der Waals surface area (Å²) >= 11 is 0. The van der Waals surface area contributed by atoms with Gasteiger partial charge in [-0.15, -0.1) is 0 Å². The third-order valence-corrected chi connectivity index (χ3v) is 6.89. The first kappa shape index (κ1) is 27.9. The maximum Gasteiger partial charge on any atom is 0.238 e. The number of amides is 1. The first-order chi connectivity index (χ1) is 18.9. The van der Waals surface area contributed by atoms with Crippen molar-refractivity contribution in [1.82, 2.24) is 10.6 Å². The summed E-state index contributed by atoms with van der Waals surface area (Å²) in [6, 6.07) is 33.3. The summed E-state index contributed by atoms with van der Waals surface area (Å²) in [6.07, 6.45) is 2.86. The Labute approximate surface area is 231 Å². The molecule has 1 unspecified atom stereocenters. The number of aliphatic hydroxyl groups excluding tert-OH is 1. The van der Waals surface area contributed by atoms with Crippen LogP contribution in [0.3, 0.4) is 0 Å². The molecular weight excluding hydrogens is 480 g/mol. The lowest BCUT2D eigenvalue weighted by Crippen LogP contribution is -2.40. The molecule has 0 fully saturated rings. The Morgan fingerprint density at radius 3 is 2.21 bits per heavy atom. The van der Waals surface area contributed by atoms with E-state index in [1.54, 1.807) is 19.9 Å². The van der Waals surface area contributed by atoms with Gasteiger partial charge in [0.25, 0.3) is 0 Å². The Morgan fingerprint density at radius 1 is 0.872 bits per heavy atom. The van der Waals surface area contributed by atoms with E-state index >= 15 is 0 Å². The van der Waals surface area contributed by atoms with E-state index in [1.807, 2.05) is 66.7 Å². The number of benzene rings is 4. The highest BCUT2D eigenvalue weighted by Crippen LogP contribution is 2.30. The first-order valence-corrected chi connectivity index (χ1v) is 13.3. The van der Waals surface area contributed by atoms with Crippen molar-refractivity contribution >= 4 is 16.7 Å². The lowest BCUT2D eigenvalue weighted by molar-refractivity contribution is -0.128. The standard InChI is InChI=1S/C35H36N2O2/c1-26(30-23-15-21-27-16-11-12-22-31(27)30)36-25-14-6-13-24-35(2,3)34(39)37-32(28-17-7-4-8-18-28)33(38)29-19-9-5-10-20-29/h4-12,14-23,26,32-33,36,38H,25H2,1-3H3,(H,37,39)/b14-6+/t26-,32?,33+/m1/s1. The average Bonchev–Trinajstić information content (AvgIpc) is 2.97. The van der Waals surface area contributed by atoms with Crippen LogP contribution in [0.4, 0.5) is 0 Å². The van der Waals surface area contributed by atoms with Gasteiger partial charge in [0.2, 0.25) is 5.91 Å². The van der Waals surface area contributed by atoms with E-state index in [1.165, 1.54) is 16.3 Å². The molecule has 0 radical (unpaired) electrons. The van der Waals surface area contributed by atoms with E-state index < -0.39 is 17.6 Å². The Kier molecular flexibility index (Phi) is 9.33. The SMILES string of the molecule is C[C@@H](NC/C=C/C#CC(C)(C)C(=O)NC(c1ccccc1)[C@@H](O)c1ccccc1)c1cccc2ccccc12. The fourth-order valence-electron chi connectivity index (χ4n) is 4.55. The fraction of sp³-hybridized carbons (Fsp3) is 0.229. The van der Waals surface area contributed by atoms with Gasteiger partial charge in [-0.05, 0) is 54.3 Å². The van der Waals surface area contributed by atoms with Crippen LogP contribution in [-0.2, 0) is 4.79 Å². The molecule has 0 aliphatic carbocycles. The van der Waals surface area contributed by atoms with Crippen LogP contribution in [0.15, 0.2) is 115 Å². The van der Waals surface area contributed by atoms with Gasteiger partial charge < -0.3 is 15.7 Å². The molecule has 39 heavy (non-hydrogen) atoms. The maximum absolute atomic E-state index is 13.3. The largest absolute Gasteiger partial charge is 0.386 e. The number of hydrogen-bond acceptors (Lipinski definition) is 3. The van der Waals surface area contributed by atoms with Crippen molar-refractivity contribution in [1.29, 1.82) is 0 Å². The van der Waals surface area contributed by atoms with Crippen molar-refractivity contribution < 1.29 is 9.90 Å². The third kappa shape index (κ3) is 7.23. The molecule has 0 heterocycles. The minimum Gasteiger partial charge on any atom is -0.386 e. The van der Waals surface area contributed by atoms with Crippen molar-refractivity contribution in [3.05, 3.63) is 132 Å². The molecule has 4 aromatic rings. The number of allylic oxidation sites excluding steroid dienone is 1. The van der Waals surface area contributed by atoms with Gasteiger partial charge in [-0.2, -0.15) is 0 Å². The quantitative estimate of drug-likeness (QED) is 0.218. The van der Waals surface area contributed by atoms with Crippen molar-refractivity contribution in [2.75, 3.05) is 6.54 Å². The normalized spacial score (nSPS) is 13.8. The van der Waals surface area contributed by atoms with E-state index in [2.05, 4.69) is 71.9 Å². The summed E-state index contributed by atoms with van der Waals surface area (Å²) in [4.78, 5) is 13.3. The summed E-state index contributed by atoms with van der Waals surface area (Å²) in [5.74, 6) is 5.87. The maximum atomic E-state index is 13.3. The van der Waals surface area contributed by atoms with E-state index in [4.69, 9.17) is 0 Å². The van der Waals surface area contributed by atoms with Gasteiger partial charge in [-0.3, -0.25) is 4.79 Å². The van der Waals surface area contributed by atoms with Crippen LogP contribution < -0.4 is 10.6 Å². The average molecular weight is 517 g/mol. The summed E-state index contributed by atoms with van der Waals surface area (Å²) < 4.78 is 0. The minimum absolute atomic E-state index is 0.182. The van der Waals surface area contributed by atoms with E-state index in [0.29, 0.717) is 6.54 Å². The highest BCUT2D eigenvalue weighted by molar-refractivity contribution is 5.86. The second-order valence-electron chi connectivity index (χ2n) is 10.2. The summed E-state index contributed by atoms with van der Waals surface area (Å²) in [5, 5.41) is 20.2. The summed E-state index contributed by atoms with van der Waals surface area (Å²) in [5.41, 5.74) is 1.88. The molecule has 0 aromatic heterocycles. The molecule has 1 amide bonds. The predicted octanol–water partition coefficient (Wildman–Crippen LogP) is 6.67. The molecule has 3 N–H and O–H groups in total. The molecule has 198 valence electrons. The van der Waals surface area contributed by atoms with E-state index in [-0.39, 0.29) is 11.9 Å². The molecule has 4 rings (SSSR count). The second-order valence-corrected chi connectivity index (χ2v) is 10.2. The van der Waals surface area contributed by atoms with Crippen LogP contribution >= 0.6 is 0 Å². The number of rotatable bonds is 9. The molecule has 4 nitrogen and oxygen atoms in total. The Balaban J connectivity index is 1.38. The number of carbonyl (C=O) groups excluding carboxylic acids is 1. The van der Waals surface area contributed by atoms with Crippen LogP contribution in [0.5, 0.6) is 0 Å². The first-order valence-electron chi connectivity index (χ1n) is 13.3. The topological polar surface area (TPSA) is 61.4 Å². The van der Waals surface area contributed by atoms with Crippen LogP contribution in [0.25, 0.3) is 10.8 Å². The Hall–Kier alpha value is -4.17. The number of nitrogens with one attached hydrogen (secondary N) is 2. The smallest absolute Gasteiger partial charge is 0.238 e. The number of fused-ring (bicyclic) bond motifs is 1. The van der Waals surface area contributed by atoms with Crippen molar-refractivity contribution in [3.63, 3.8) is 0 Å². The van der Waals surface area contributed by atoms with E-state index in [0.717, 1.165) is 11.1 Å². The molecule has 0 spiro atoms. The van der Waals surface area contributed by atoms with Gasteiger partial charge in [-0.25, -0.2) is 0 Å². The molecular formula is C35H36N2O2. The second kappa shape index (κ2) is 13.1. The molecule has 0 saturated heterocycles. The van der Waals surface area contributed by atoms with Gasteiger partial charge in [0.05, 0.1) is 6.04 Å². The van der Waals surface area contributed by atoms with E-state index in [9.17, 15) is 9.90 Å². The van der Waals surface area contributed by atoms with Crippen molar-refractivity contribution in [3.8, 4) is 11.8 Å². The van der Waals surface area contributed by atoms with Crippen LogP contribution in [0.2, 0.25) is 0 Å². The molecule has 3 atom stereocenters. The Bertz CT molecular complexity index is 1460. The molecule has 4 aromatic carbocycles. The lowest BCUT2D eigenvalue weighted by Gasteiger charge is -2.28. The minimum atomic E-state index is -0.947. The lowest BCUT2D eigenvalue weighted by atomic mass is 9.90. The third-order valence-electron chi connectivity index (χ3n) is 6.89. The zero-order chi connectivity index (χ0) is 27.7. The van der Waals surface area contributed by atoms with Gasteiger partial charge in [0.15, 0.2) is 0 Å². The van der Waals surface area contributed by atoms with Crippen LogP contribution in [-0.4, -0.2) is 17.6 Å². The predicted molar refractivity (Wildman–Crippen MR) is 160 cm³/mol. The molecule has 0 saturated carbocycles. The van der Waals surface area contributed by atoms with Crippen molar-refractivity contribution in [2.24, 2.45) is 5.41 Å². The monoisotopic (exact) mass is 516 g/mol. The summed E-state index contributed by atoms with van der Waals surface area (Å²) in [6.45, 7) is 6.40. The zero-order valence-corrected chi connectivity index (χ0v) is 22.8. The van der Waals surface area contributed by atoms with Crippen LogP contribution in [0.1, 0.15) is 55.6 Å². The number of aliphatic hydroxyl groups is 1. The molecule has 4 heteroatoms. The van der Waals surface area contributed by atoms with Gasteiger partial charge in [0, 0.05) is 12.6 Å². The summed E-state index contributed by atoms with van der Waals surface area (Å²) in [7, 11) is 0. The zero-order valence-electron chi connectivity index (χ0n) is 22.8. The number of carbonyl (C=O) groups is 1. The van der Waals surface area contributed by atoms with Crippen LogP contribution in [0, 0.1) is 17.3 Å². The van der Waals surface area contributed by atoms with Gasteiger partial charge >= 0.3 is 0 Å². The molecule has 0 bridgehead atoms. The number of hydrogen-bond donors (Lipinski definition) is 3. The molecule has 0 aliphatic heterocycles. The fourth-order valence-corrected chi connectivity index (χ4v) is 4.55.